The second-order valence-electron chi connectivity index (χ2n) is 5.37. The molecule has 2 N–H and O–H groups in total. The molecule has 0 spiro atoms. The van der Waals surface area contributed by atoms with Gasteiger partial charge in [0.25, 0.3) is 0 Å². The van der Waals surface area contributed by atoms with Crippen LogP contribution < -0.4 is 10.6 Å². The maximum atomic E-state index is 13.5. The number of rotatable bonds is 4. The number of anilines is 1. The number of benzene rings is 1. The van der Waals surface area contributed by atoms with Gasteiger partial charge in [-0.25, -0.2) is 9.37 Å². The smallest absolute Gasteiger partial charge is 0.191 e. The van der Waals surface area contributed by atoms with Gasteiger partial charge in [0, 0.05) is 44.3 Å². The van der Waals surface area contributed by atoms with Gasteiger partial charge in [0.2, 0.25) is 0 Å². The SMILES string of the molecule is I.NC(=NCCc1ccccc1F)N1CCN(c2nccs2)CC1. The standard InChI is InChI=1S/C16H20FN5S.HI/c17-14-4-2-1-3-13(14)5-6-19-15(18)21-8-10-22(11-9-21)16-20-7-12-23-16;/h1-4,7,12H,5-6,8-11H2,(H2,18,19);1H. The fourth-order valence-electron chi connectivity index (χ4n) is 2.59. The number of hydrogen-bond acceptors (Lipinski definition) is 4. The van der Waals surface area contributed by atoms with Crippen molar-refractivity contribution in [2.45, 2.75) is 6.42 Å². The fraction of sp³-hybridized carbons (Fsp3) is 0.375. The number of hydrogen-bond donors (Lipinski definition) is 1. The van der Waals surface area contributed by atoms with Crippen LogP contribution in [0.15, 0.2) is 40.8 Å². The Hall–Kier alpha value is -1.42. The van der Waals surface area contributed by atoms with Crippen molar-refractivity contribution < 1.29 is 4.39 Å². The molecule has 130 valence electrons. The summed E-state index contributed by atoms with van der Waals surface area (Å²) >= 11 is 1.65. The van der Waals surface area contributed by atoms with Crippen LogP contribution in [-0.4, -0.2) is 48.6 Å². The normalized spacial score (nSPS) is 15.3. The minimum absolute atomic E-state index is 0. The third-order valence-electron chi connectivity index (χ3n) is 3.91. The summed E-state index contributed by atoms with van der Waals surface area (Å²) in [6.45, 7) is 3.93. The van der Waals surface area contributed by atoms with E-state index in [-0.39, 0.29) is 29.8 Å². The van der Waals surface area contributed by atoms with Gasteiger partial charge in [-0.2, -0.15) is 0 Å². The molecular formula is C16H21FIN5S. The third-order valence-corrected chi connectivity index (χ3v) is 4.74. The molecule has 5 nitrogen and oxygen atoms in total. The van der Waals surface area contributed by atoms with Gasteiger partial charge >= 0.3 is 0 Å². The van der Waals surface area contributed by atoms with Gasteiger partial charge < -0.3 is 15.5 Å². The van der Waals surface area contributed by atoms with E-state index in [1.54, 1.807) is 23.5 Å². The van der Waals surface area contributed by atoms with Crippen LogP contribution in [-0.2, 0) is 6.42 Å². The molecule has 0 saturated carbocycles. The van der Waals surface area contributed by atoms with E-state index in [1.165, 1.54) is 6.07 Å². The Morgan fingerprint density at radius 1 is 1.25 bits per heavy atom. The van der Waals surface area contributed by atoms with Crippen LogP contribution in [0.4, 0.5) is 9.52 Å². The Balaban J connectivity index is 0.00000208. The molecule has 1 aliphatic rings. The minimum atomic E-state index is -0.182. The molecule has 2 aromatic rings. The first-order valence-electron chi connectivity index (χ1n) is 7.67. The summed E-state index contributed by atoms with van der Waals surface area (Å²) in [6, 6.07) is 6.79. The summed E-state index contributed by atoms with van der Waals surface area (Å²) < 4.78 is 13.5. The van der Waals surface area contributed by atoms with Crippen LogP contribution in [0.1, 0.15) is 5.56 Å². The molecule has 8 heteroatoms. The molecule has 3 rings (SSSR count). The van der Waals surface area contributed by atoms with Crippen molar-refractivity contribution in [1.82, 2.24) is 9.88 Å². The molecule has 0 unspecified atom stereocenters. The van der Waals surface area contributed by atoms with Crippen molar-refractivity contribution >= 4 is 46.4 Å². The average molecular weight is 461 g/mol. The Labute approximate surface area is 162 Å². The first kappa shape index (κ1) is 18.9. The van der Waals surface area contributed by atoms with E-state index >= 15 is 0 Å². The molecule has 1 saturated heterocycles. The molecule has 0 bridgehead atoms. The molecule has 0 amide bonds. The predicted octanol–water partition coefficient (Wildman–Crippen LogP) is 2.58. The first-order valence-corrected chi connectivity index (χ1v) is 8.55. The largest absolute Gasteiger partial charge is 0.370 e. The highest BCUT2D eigenvalue weighted by Gasteiger charge is 2.19. The number of aromatic nitrogens is 1. The van der Waals surface area contributed by atoms with Gasteiger partial charge in [0.15, 0.2) is 11.1 Å². The number of halogens is 2. The lowest BCUT2D eigenvalue weighted by Gasteiger charge is -2.35. The zero-order valence-corrected chi connectivity index (χ0v) is 16.4. The monoisotopic (exact) mass is 461 g/mol. The van der Waals surface area contributed by atoms with Crippen molar-refractivity contribution in [3.8, 4) is 0 Å². The third kappa shape index (κ3) is 4.79. The zero-order valence-electron chi connectivity index (χ0n) is 13.3. The van der Waals surface area contributed by atoms with Crippen molar-refractivity contribution in [3.63, 3.8) is 0 Å². The van der Waals surface area contributed by atoms with E-state index in [0.717, 1.165) is 31.3 Å². The Morgan fingerprint density at radius 2 is 2.00 bits per heavy atom. The van der Waals surface area contributed by atoms with Crippen molar-refractivity contribution in [2.24, 2.45) is 10.7 Å². The van der Waals surface area contributed by atoms with E-state index in [9.17, 15) is 4.39 Å². The Morgan fingerprint density at radius 3 is 2.67 bits per heavy atom. The molecule has 0 radical (unpaired) electrons. The van der Waals surface area contributed by atoms with Gasteiger partial charge in [0.05, 0.1) is 0 Å². The van der Waals surface area contributed by atoms with E-state index in [1.807, 2.05) is 17.6 Å². The molecule has 2 heterocycles. The fourth-order valence-corrected chi connectivity index (χ4v) is 3.29. The lowest BCUT2D eigenvalue weighted by Crippen LogP contribution is -2.51. The van der Waals surface area contributed by atoms with Gasteiger partial charge in [-0.05, 0) is 18.1 Å². The van der Waals surface area contributed by atoms with Gasteiger partial charge in [0.1, 0.15) is 5.82 Å². The van der Waals surface area contributed by atoms with Crippen molar-refractivity contribution in [3.05, 3.63) is 47.2 Å². The van der Waals surface area contributed by atoms with Gasteiger partial charge in [-0.3, -0.25) is 4.99 Å². The highest BCUT2D eigenvalue weighted by Crippen LogP contribution is 2.18. The Kier molecular flexibility index (Phi) is 7.22. The summed E-state index contributed by atoms with van der Waals surface area (Å²) in [5, 5.41) is 3.04. The highest BCUT2D eigenvalue weighted by molar-refractivity contribution is 14.0. The van der Waals surface area contributed by atoms with Crippen molar-refractivity contribution in [2.75, 3.05) is 37.6 Å². The molecule has 0 atom stereocenters. The second kappa shape index (κ2) is 9.16. The lowest BCUT2D eigenvalue weighted by atomic mass is 10.1. The van der Waals surface area contributed by atoms with E-state index in [0.29, 0.717) is 24.5 Å². The maximum Gasteiger partial charge on any atom is 0.191 e. The van der Waals surface area contributed by atoms with Crippen LogP contribution in [0.2, 0.25) is 0 Å². The van der Waals surface area contributed by atoms with Crippen molar-refractivity contribution in [1.29, 1.82) is 0 Å². The average Bonchev–Trinajstić information content (AvgIpc) is 3.11. The van der Waals surface area contributed by atoms with Gasteiger partial charge in [-0.15, -0.1) is 35.3 Å². The number of thiazole rings is 1. The molecule has 0 aliphatic carbocycles. The van der Waals surface area contributed by atoms with Crippen LogP contribution in [0.5, 0.6) is 0 Å². The number of nitrogens with zero attached hydrogens (tertiary/aromatic N) is 4. The summed E-state index contributed by atoms with van der Waals surface area (Å²) in [5.41, 5.74) is 6.74. The summed E-state index contributed by atoms with van der Waals surface area (Å²) in [6.07, 6.45) is 2.39. The molecule has 1 aromatic heterocycles. The molecule has 24 heavy (non-hydrogen) atoms. The number of piperazine rings is 1. The molecule has 1 aromatic carbocycles. The number of guanidine groups is 1. The lowest BCUT2D eigenvalue weighted by molar-refractivity contribution is 0.380. The van der Waals surface area contributed by atoms with Gasteiger partial charge in [-0.1, -0.05) is 18.2 Å². The van der Waals surface area contributed by atoms with Crippen LogP contribution >= 0.6 is 35.3 Å². The summed E-state index contributed by atoms with van der Waals surface area (Å²) in [4.78, 5) is 13.1. The summed E-state index contributed by atoms with van der Waals surface area (Å²) in [5.74, 6) is 0.360. The molecule has 1 fully saturated rings. The number of aliphatic imine (C=N–C) groups is 1. The summed E-state index contributed by atoms with van der Waals surface area (Å²) in [7, 11) is 0. The topological polar surface area (TPSA) is 57.8 Å². The van der Waals surface area contributed by atoms with E-state index < -0.39 is 0 Å². The van der Waals surface area contributed by atoms with E-state index in [2.05, 4.69) is 19.8 Å². The predicted molar refractivity (Wildman–Crippen MR) is 108 cm³/mol. The van der Waals surface area contributed by atoms with Crippen LogP contribution in [0, 0.1) is 5.82 Å². The highest BCUT2D eigenvalue weighted by atomic mass is 127. The second-order valence-corrected chi connectivity index (χ2v) is 6.24. The first-order chi connectivity index (χ1) is 11.2. The Bertz CT molecular complexity index is 656. The molecular weight excluding hydrogens is 440 g/mol. The van der Waals surface area contributed by atoms with Crippen LogP contribution in [0.25, 0.3) is 0 Å². The maximum absolute atomic E-state index is 13.5. The van der Waals surface area contributed by atoms with Crippen LogP contribution in [0.3, 0.4) is 0 Å². The minimum Gasteiger partial charge on any atom is -0.370 e. The number of nitrogens with two attached hydrogens (primary N) is 1. The quantitative estimate of drug-likeness (QED) is 0.432. The zero-order chi connectivity index (χ0) is 16.1. The molecule has 1 aliphatic heterocycles. The van der Waals surface area contributed by atoms with E-state index in [4.69, 9.17) is 5.73 Å².